The largest absolute Gasteiger partial charge is 0.269 e. The van der Waals surface area contributed by atoms with Crippen LogP contribution >= 0.6 is 15.9 Å². The first kappa shape index (κ1) is 14.3. The maximum absolute atomic E-state index is 11.9. The van der Waals surface area contributed by atoms with Crippen molar-refractivity contribution < 1.29 is 9.59 Å². The van der Waals surface area contributed by atoms with E-state index in [9.17, 15) is 9.59 Å². The number of hydrogen-bond donors (Lipinski definition) is 2. The molecular weight excluding hydrogens is 320 g/mol. The Morgan fingerprint density at radius 3 is 2.10 bits per heavy atom. The summed E-state index contributed by atoms with van der Waals surface area (Å²) in [6, 6.07) is 13.9. The number of carbonyl (C=O) groups is 2. The molecule has 0 heterocycles. The maximum atomic E-state index is 11.9. The molecule has 2 rings (SSSR count). The third-order valence-electron chi connectivity index (χ3n) is 2.76. The standard InChI is InChI=1S/C15H13BrN2O2/c1-10-7-8-12(9-13(10)16)15(20)18-17-14(19)11-5-3-2-4-6-11/h2-9H,1H3,(H,17,19)(H,18,20). The van der Waals surface area contributed by atoms with Gasteiger partial charge in [0.1, 0.15) is 0 Å². The van der Waals surface area contributed by atoms with Gasteiger partial charge in [-0.15, -0.1) is 0 Å². The van der Waals surface area contributed by atoms with Gasteiger partial charge in [0, 0.05) is 15.6 Å². The molecule has 0 aliphatic rings. The lowest BCUT2D eigenvalue weighted by Gasteiger charge is -2.08. The third kappa shape index (κ3) is 3.45. The number of nitrogens with one attached hydrogen (secondary N) is 2. The van der Waals surface area contributed by atoms with Crippen LogP contribution in [0.25, 0.3) is 0 Å². The van der Waals surface area contributed by atoms with E-state index < -0.39 is 0 Å². The molecule has 0 saturated heterocycles. The summed E-state index contributed by atoms with van der Waals surface area (Å²) in [5.41, 5.74) is 6.75. The quantitative estimate of drug-likeness (QED) is 0.831. The van der Waals surface area contributed by atoms with Crippen LogP contribution in [0, 0.1) is 6.92 Å². The molecule has 0 bridgehead atoms. The van der Waals surface area contributed by atoms with Gasteiger partial charge in [-0.3, -0.25) is 20.4 Å². The molecule has 4 nitrogen and oxygen atoms in total. The van der Waals surface area contributed by atoms with Crippen molar-refractivity contribution in [3.8, 4) is 0 Å². The number of hydrogen-bond acceptors (Lipinski definition) is 2. The Labute approximate surface area is 125 Å². The molecular formula is C15H13BrN2O2. The number of carbonyl (C=O) groups excluding carboxylic acids is 2. The molecule has 0 spiro atoms. The number of halogens is 1. The lowest BCUT2D eigenvalue weighted by molar-refractivity contribution is 0.0846. The molecule has 0 aromatic heterocycles. The van der Waals surface area contributed by atoms with Gasteiger partial charge in [-0.1, -0.05) is 40.2 Å². The van der Waals surface area contributed by atoms with Crippen molar-refractivity contribution in [2.75, 3.05) is 0 Å². The molecule has 0 fully saturated rings. The van der Waals surface area contributed by atoms with Crippen LogP contribution in [-0.2, 0) is 0 Å². The Kier molecular flexibility index (Phi) is 4.53. The zero-order chi connectivity index (χ0) is 14.5. The van der Waals surface area contributed by atoms with Crippen molar-refractivity contribution in [1.82, 2.24) is 10.9 Å². The highest BCUT2D eigenvalue weighted by Gasteiger charge is 2.09. The first-order valence-corrected chi connectivity index (χ1v) is 6.79. The number of rotatable bonds is 2. The molecule has 0 unspecified atom stereocenters. The number of hydrazine groups is 1. The van der Waals surface area contributed by atoms with Gasteiger partial charge in [0.25, 0.3) is 11.8 Å². The van der Waals surface area contributed by atoms with Crippen LogP contribution in [-0.4, -0.2) is 11.8 Å². The van der Waals surface area contributed by atoms with E-state index in [4.69, 9.17) is 0 Å². The molecule has 0 atom stereocenters. The lowest BCUT2D eigenvalue weighted by Crippen LogP contribution is -2.41. The summed E-state index contributed by atoms with van der Waals surface area (Å²) in [5, 5.41) is 0. The average molecular weight is 333 g/mol. The Hall–Kier alpha value is -2.14. The van der Waals surface area contributed by atoms with E-state index in [1.54, 1.807) is 36.4 Å². The van der Waals surface area contributed by atoms with E-state index in [2.05, 4.69) is 26.8 Å². The van der Waals surface area contributed by atoms with E-state index in [-0.39, 0.29) is 11.8 Å². The van der Waals surface area contributed by atoms with E-state index >= 15 is 0 Å². The molecule has 5 heteroatoms. The second-order valence-corrected chi connectivity index (χ2v) is 5.09. The molecule has 2 aromatic carbocycles. The lowest BCUT2D eigenvalue weighted by atomic mass is 10.1. The smallest absolute Gasteiger partial charge is 0.267 e. The summed E-state index contributed by atoms with van der Waals surface area (Å²) in [6.07, 6.45) is 0. The van der Waals surface area contributed by atoms with Crippen LogP contribution < -0.4 is 10.9 Å². The SMILES string of the molecule is Cc1ccc(C(=O)NNC(=O)c2ccccc2)cc1Br. The maximum Gasteiger partial charge on any atom is 0.269 e. The minimum atomic E-state index is -0.366. The summed E-state index contributed by atoms with van der Waals surface area (Å²) in [4.78, 5) is 23.7. The fourth-order valence-corrected chi connectivity index (χ4v) is 1.96. The summed E-state index contributed by atoms with van der Waals surface area (Å²) in [6.45, 7) is 1.93. The fourth-order valence-electron chi connectivity index (χ4n) is 1.58. The Morgan fingerprint density at radius 2 is 1.50 bits per heavy atom. The third-order valence-corrected chi connectivity index (χ3v) is 3.61. The van der Waals surface area contributed by atoms with Crippen LogP contribution in [0.2, 0.25) is 0 Å². The molecule has 20 heavy (non-hydrogen) atoms. The van der Waals surface area contributed by atoms with Crippen LogP contribution in [0.5, 0.6) is 0 Å². The van der Waals surface area contributed by atoms with E-state index in [0.717, 1.165) is 10.0 Å². The van der Waals surface area contributed by atoms with Gasteiger partial charge in [-0.05, 0) is 36.8 Å². The van der Waals surface area contributed by atoms with Crippen LogP contribution in [0.1, 0.15) is 26.3 Å². The minimum Gasteiger partial charge on any atom is -0.267 e. The highest BCUT2D eigenvalue weighted by molar-refractivity contribution is 9.10. The van der Waals surface area contributed by atoms with Gasteiger partial charge in [-0.2, -0.15) is 0 Å². The van der Waals surface area contributed by atoms with E-state index in [1.807, 2.05) is 19.1 Å². The van der Waals surface area contributed by atoms with Gasteiger partial charge in [0.15, 0.2) is 0 Å². The van der Waals surface area contributed by atoms with Gasteiger partial charge < -0.3 is 0 Å². The van der Waals surface area contributed by atoms with Crippen molar-refractivity contribution >= 4 is 27.7 Å². The zero-order valence-electron chi connectivity index (χ0n) is 10.8. The highest BCUT2D eigenvalue weighted by Crippen LogP contribution is 2.17. The summed E-state index contributed by atoms with van der Waals surface area (Å²) >= 11 is 3.36. The summed E-state index contributed by atoms with van der Waals surface area (Å²) < 4.78 is 0.847. The molecule has 0 aliphatic carbocycles. The normalized spacial score (nSPS) is 9.90. The van der Waals surface area contributed by atoms with E-state index in [1.165, 1.54) is 0 Å². The van der Waals surface area contributed by atoms with Gasteiger partial charge in [-0.25, -0.2) is 0 Å². The van der Waals surface area contributed by atoms with Crippen LogP contribution in [0.15, 0.2) is 53.0 Å². The molecule has 2 aromatic rings. The monoisotopic (exact) mass is 332 g/mol. The minimum absolute atomic E-state index is 0.356. The zero-order valence-corrected chi connectivity index (χ0v) is 12.4. The van der Waals surface area contributed by atoms with Crippen LogP contribution in [0.3, 0.4) is 0 Å². The molecule has 0 saturated carbocycles. The second-order valence-electron chi connectivity index (χ2n) is 4.24. The van der Waals surface area contributed by atoms with Gasteiger partial charge in [0.2, 0.25) is 0 Å². The van der Waals surface area contributed by atoms with Crippen molar-refractivity contribution in [3.05, 3.63) is 69.7 Å². The number of amides is 2. The van der Waals surface area contributed by atoms with E-state index in [0.29, 0.717) is 11.1 Å². The average Bonchev–Trinajstić information content (AvgIpc) is 2.48. The molecule has 0 radical (unpaired) electrons. The fraction of sp³-hybridized carbons (Fsp3) is 0.0667. The molecule has 102 valence electrons. The van der Waals surface area contributed by atoms with Crippen molar-refractivity contribution in [1.29, 1.82) is 0 Å². The summed E-state index contributed by atoms with van der Waals surface area (Å²) in [7, 11) is 0. The summed E-state index contributed by atoms with van der Waals surface area (Å²) in [5.74, 6) is -0.722. The number of aryl methyl sites for hydroxylation is 1. The topological polar surface area (TPSA) is 58.2 Å². The van der Waals surface area contributed by atoms with Crippen LogP contribution in [0.4, 0.5) is 0 Å². The van der Waals surface area contributed by atoms with Crippen molar-refractivity contribution in [2.24, 2.45) is 0 Å². The highest BCUT2D eigenvalue weighted by atomic mass is 79.9. The van der Waals surface area contributed by atoms with Crippen molar-refractivity contribution in [2.45, 2.75) is 6.92 Å². The van der Waals surface area contributed by atoms with Gasteiger partial charge in [0.05, 0.1) is 0 Å². The molecule has 0 aliphatic heterocycles. The molecule has 2 N–H and O–H groups in total. The van der Waals surface area contributed by atoms with Crippen molar-refractivity contribution in [3.63, 3.8) is 0 Å². The predicted molar refractivity (Wildman–Crippen MR) is 80.3 cm³/mol. The Bertz CT molecular complexity index is 642. The number of benzene rings is 2. The Balaban J connectivity index is 1.98. The predicted octanol–water partition coefficient (Wildman–Crippen LogP) is 2.83. The molecule has 2 amide bonds. The second kappa shape index (κ2) is 6.34. The first-order chi connectivity index (χ1) is 9.58. The van der Waals surface area contributed by atoms with Gasteiger partial charge >= 0.3 is 0 Å². The first-order valence-electron chi connectivity index (χ1n) is 6.00. The Morgan fingerprint density at radius 1 is 0.900 bits per heavy atom.